The van der Waals surface area contributed by atoms with Crippen LogP contribution in [0, 0.1) is 16.7 Å². The van der Waals surface area contributed by atoms with Gasteiger partial charge < -0.3 is 5.73 Å². The first-order chi connectivity index (χ1) is 7.72. The molecule has 1 saturated carbocycles. The molecular weight excluding hydrogens is 206 g/mol. The second-order valence-electron chi connectivity index (χ2n) is 7.96. The van der Waals surface area contributed by atoms with Crippen LogP contribution in [0.15, 0.2) is 0 Å². The molecule has 1 heteroatoms. The molecule has 0 aliphatic heterocycles. The summed E-state index contributed by atoms with van der Waals surface area (Å²) in [5, 5.41) is 0. The number of rotatable bonds is 4. The van der Waals surface area contributed by atoms with Crippen LogP contribution in [0.1, 0.15) is 79.6 Å². The van der Waals surface area contributed by atoms with E-state index in [1.807, 2.05) is 0 Å². The molecule has 1 aliphatic rings. The highest BCUT2D eigenvalue weighted by atomic mass is 14.7. The summed E-state index contributed by atoms with van der Waals surface area (Å²) in [4.78, 5) is 0. The molecule has 0 amide bonds. The zero-order valence-electron chi connectivity index (χ0n) is 12.7. The molecule has 0 aromatic heterocycles. The van der Waals surface area contributed by atoms with E-state index in [0.29, 0.717) is 16.9 Å². The molecule has 1 aliphatic carbocycles. The van der Waals surface area contributed by atoms with Gasteiger partial charge in [0.05, 0.1) is 0 Å². The van der Waals surface area contributed by atoms with Gasteiger partial charge in [0, 0.05) is 6.04 Å². The Morgan fingerprint density at radius 2 is 1.88 bits per heavy atom. The predicted molar refractivity (Wildman–Crippen MR) is 77.0 cm³/mol. The highest BCUT2D eigenvalue weighted by Crippen LogP contribution is 2.42. The Balaban J connectivity index is 2.38. The highest BCUT2D eigenvalue weighted by molar-refractivity contribution is 4.89. The van der Waals surface area contributed by atoms with Crippen molar-refractivity contribution in [2.45, 2.75) is 85.6 Å². The van der Waals surface area contributed by atoms with Crippen molar-refractivity contribution in [3.63, 3.8) is 0 Å². The smallest absolute Gasteiger partial charge is 0.00722 e. The molecule has 1 nitrogen and oxygen atoms in total. The summed E-state index contributed by atoms with van der Waals surface area (Å²) in [6.45, 7) is 11.8. The molecule has 0 spiro atoms. The first kappa shape index (κ1) is 15.0. The predicted octanol–water partition coefficient (Wildman–Crippen LogP) is 4.75. The van der Waals surface area contributed by atoms with Crippen LogP contribution in [-0.2, 0) is 0 Å². The molecule has 0 radical (unpaired) electrons. The van der Waals surface area contributed by atoms with E-state index in [1.165, 1.54) is 44.9 Å². The standard InChI is InChI=1S/C16H33N/c1-15(2,3)11-8-10-14(17)13-9-6-7-12-16(13,4)5/h13-14H,6-12,17H2,1-5H3. The lowest BCUT2D eigenvalue weighted by atomic mass is 9.65. The molecule has 0 heterocycles. The Bertz CT molecular complexity index is 224. The largest absolute Gasteiger partial charge is 0.327 e. The van der Waals surface area contributed by atoms with Crippen molar-refractivity contribution in [3.05, 3.63) is 0 Å². The fourth-order valence-electron chi connectivity index (χ4n) is 3.38. The Labute approximate surface area is 109 Å². The van der Waals surface area contributed by atoms with Crippen LogP contribution < -0.4 is 5.73 Å². The third-order valence-corrected chi connectivity index (χ3v) is 4.57. The van der Waals surface area contributed by atoms with Gasteiger partial charge in [-0.25, -0.2) is 0 Å². The quantitative estimate of drug-likeness (QED) is 0.753. The van der Waals surface area contributed by atoms with Gasteiger partial charge in [0.1, 0.15) is 0 Å². The maximum Gasteiger partial charge on any atom is 0.00722 e. The van der Waals surface area contributed by atoms with Crippen molar-refractivity contribution in [1.82, 2.24) is 0 Å². The molecule has 0 bridgehead atoms. The summed E-state index contributed by atoms with van der Waals surface area (Å²) in [6.07, 6.45) is 9.31. The zero-order valence-corrected chi connectivity index (χ0v) is 12.7. The van der Waals surface area contributed by atoms with Gasteiger partial charge in [-0.15, -0.1) is 0 Å². The molecule has 2 N–H and O–H groups in total. The number of hydrogen-bond donors (Lipinski definition) is 1. The van der Waals surface area contributed by atoms with Crippen molar-refractivity contribution < 1.29 is 0 Å². The van der Waals surface area contributed by atoms with E-state index >= 15 is 0 Å². The molecule has 2 atom stereocenters. The summed E-state index contributed by atoms with van der Waals surface area (Å²) in [6, 6.07) is 0.424. The van der Waals surface area contributed by atoms with Gasteiger partial charge in [0.15, 0.2) is 0 Å². The summed E-state index contributed by atoms with van der Waals surface area (Å²) in [5.41, 5.74) is 7.39. The van der Waals surface area contributed by atoms with E-state index in [0.717, 1.165) is 5.92 Å². The molecule has 1 fully saturated rings. The van der Waals surface area contributed by atoms with Crippen LogP contribution in [0.25, 0.3) is 0 Å². The van der Waals surface area contributed by atoms with Crippen molar-refractivity contribution >= 4 is 0 Å². The Kier molecular flexibility index (Phi) is 5.07. The monoisotopic (exact) mass is 239 g/mol. The third kappa shape index (κ3) is 4.99. The van der Waals surface area contributed by atoms with Crippen LogP contribution in [-0.4, -0.2) is 6.04 Å². The first-order valence-electron chi connectivity index (χ1n) is 7.48. The van der Waals surface area contributed by atoms with E-state index in [9.17, 15) is 0 Å². The highest BCUT2D eigenvalue weighted by Gasteiger charge is 2.35. The van der Waals surface area contributed by atoms with Gasteiger partial charge in [-0.3, -0.25) is 0 Å². The molecule has 0 saturated heterocycles. The van der Waals surface area contributed by atoms with Gasteiger partial charge in [-0.1, -0.05) is 53.9 Å². The van der Waals surface area contributed by atoms with E-state index < -0.39 is 0 Å². The third-order valence-electron chi connectivity index (χ3n) is 4.57. The lowest BCUT2D eigenvalue weighted by Gasteiger charge is -2.42. The van der Waals surface area contributed by atoms with Crippen molar-refractivity contribution in [3.8, 4) is 0 Å². The summed E-state index contributed by atoms with van der Waals surface area (Å²) in [5.74, 6) is 0.746. The minimum Gasteiger partial charge on any atom is -0.327 e. The number of hydrogen-bond acceptors (Lipinski definition) is 1. The molecule has 0 aromatic rings. The minimum absolute atomic E-state index is 0.424. The second-order valence-corrected chi connectivity index (χ2v) is 7.96. The molecule has 2 unspecified atom stereocenters. The second kappa shape index (κ2) is 5.73. The lowest BCUT2D eigenvalue weighted by molar-refractivity contribution is 0.107. The van der Waals surface area contributed by atoms with Gasteiger partial charge >= 0.3 is 0 Å². The van der Waals surface area contributed by atoms with Crippen LogP contribution in [0.2, 0.25) is 0 Å². The van der Waals surface area contributed by atoms with E-state index in [-0.39, 0.29) is 0 Å². The average molecular weight is 239 g/mol. The van der Waals surface area contributed by atoms with Gasteiger partial charge in [-0.05, 0) is 42.4 Å². The fourth-order valence-corrected chi connectivity index (χ4v) is 3.38. The SMILES string of the molecule is CC(C)(C)CCCC(N)C1CCCCC1(C)C. The summed E-state index contributed by atoms with van der Waals surface area (Å²) < 4.78 is 0. The van der Waals surface area contributed by atoms with Crippen LogP contribution in [0.3, 0.4) is 0 Å². The molecule has 102 valence electrons. The summed E-state index contributed by atoms with van der Waals surface area (Å²) in [7, 11) is 0. The maximum atomic E-state index is 6.45. The van der Waals surface area contributed by atoms with Crippen LogP contribution >= 0.6 is 0 Å². The normalized spacial score (nSPS) is 26.8. The maximum absolute atomic E-state index is 6.45. The van der Waals surface area contributed by atoms with Crippen LogP contribution in [0.4, 0.5) is 0 Å². The first-order valence-corrected chi connectivity index (χ1v) is 7.48. The minimum atomic E-state index is 0.424. The Morgan fingerprint density at radius 1 is 1.24 bits per heavy atom. The zero-order chi connectivity index (χ0) is 13.1. The van der Waals surface area contributed by atoms with Gasteiger partial charge in [0.2, 0.25) is 0 Å². The van der Waals surface area contributed by atoms with Crippen LogP contribution in [0.5, 0.6) is 0 Å². The van der Waals surface area contributed by atoms with E-state index in [4.69, 9.17) is 5.73 Å². The van der Waals surface area contributed by atoms with Gasteiger partial charge in [0.25, 0.3) is 0 Å². The lowest BCUT2D eigenvalue weighted by Crippen LogP contribution is -2.41. The van der Waals surface area contributed by atoms with Gasteiger partial charge in [-0.2, -0.15) is 0 Å². The van der Waals surface area contributed by atoms with E-state index in [2.05, 4.69) is 34.6 Å². The Hall–Kier alpha value is -0.0400. The topological polar surface area (TPSA) is 26.0 Å². The van der Waals surface area contributed by atoms with E-state index in [1.54, 1.807) is 0 Å². The Morgan fingerprint density at radius 3 is 2.41 bits per heavy atom. The molecular formula is C16H33N. The molecule has 17 heavy (non-hydrogen) atoms. The van der Waals surface area contributed by atoms with Crippen molar-refractivity contribution in [2.24, 2.45) is 22.5 Å². The van der Waals surface area contributed by atoms with Crippen molar-refractivity contribution in [2.75, 3.05) is 0 Å². The molecule has 0 aromatic carbocycles. The average Bonchev–Trinajstić information content (AvgIpc) is 2.14. The van der Waals surface area contributed by atoms with Crippen molar-refractivity contribution in [1.29, 1.82) is 0 Å². The fraction of sp³-hybridized carbons (Fsp3) is 1.00. The summed E-state index contributed by atoms with van der Waals surface area (Å²) >= 11 is 0. The number of nitrogens with two attached hydrogens (primary N) is 1. The molecule has 1 rings (SSSR count).